The molecule has 0 unspecified atom stereocenters. The molecule has 0 atom stereocenters. The second kappa shape index (κ2) is 11.2. The first kappa shape index (κ1) is 24.6. The Kier molecular flexibility index (Phi) is 8.32. The van der Waals surface area contributed by atoms with E-state index < -0.39 is 11.7 Å². The first-order valence-electron chi connectivity index (χ1n) is 10.7. The highest BCUT2D eigenvalue weighted by molar-refractivity contribution is 5.76. The van der Waals surface area contributed by atoms with Crippen LogP contribution in [-0.2, 0) is 22.3 Å². The van der Waals surface area contributed by atoms with Gasteiger partial charge in [-0.3, -0.25) is 4.79 Å². The molecule has 1 amide bonds. The number of benzene rings is 1. The first-order valence-corrected chi connectivity index (χ1v) is 10.7. The van der Waals surface area contributed by atoms with E-state index in [1.54, 1.807) is 30.2 Å². The SMILES string of the molecule is COCc1ccc(Nc2ncc(C(F)(F)F)c(NCCCN3CCCCC3=O)n2)c(OC)c1. The van der Waals surface area contributed by atoms with Gasteiger partial charge in [0.25, 0.3) is 0 Å². The number of alkyl halides is 3. The summed E-state index contributed by atoms with van der Waals surface area (Å²) >= 11 is 0. The molecule has 3 rings (SSSR count). The number of carbonyl (C=O) groups excluding carboxylic acids is 1. The zero-order valence-electron chi connectivity index (χ0n) is 18.7. The van der Waals surface area contributed by atoms with E-state index >= 15 is 0 Å². The fourth-order valence-electron chi connectivity index (χ4n) is 3.57. The van der Waals surface area contributed by atoms with Crippen molar-refractivity contribution in [2.45, 2.75) is 38.5 Å². The smallest absolute Gasteiger partial charge is 0.421 e. The summed E-state index contributed by atoms with van der Waals surface area (Å²) in [4.78, 5) is 21.5. The average molecular weight is 467 g/mol. The lowest BCUT2D eigenvalue weighted by atomic mass is 10.1. The highest BCUT2D eigenvalue weighted by atomic mass is 19.4. The third-order valence-corrected chi connectivity index (χ3v) is 5.24. The maximum atomic E-state index is 13.5. The number of nitrogens with zero attached hydrogens (tertiary/aromatic N) is 3. The monoisotopic (exact) mass is 467 g/mol. The van der Waals surface area contributed by atoms with Crippen LogP contribution in [0.4, 0.5) is 30.6 Å². The first-order chi connectivity index (χ1) is 15.8. The number of methoxy groups -OCH3 is 2. The molecule has 1 aliphatic rings. The fourth-order valence-corrected chi connectivity index (χ4v) is 3.57. The van der Waals surface area contributed by atoms with Gasteiger partial charge >= 0.3 is 6.18 Å². The molecule has 8 nitrogen and oxygen atoms in total. The number of halogens is 3. The Bertz CT molecular complexity index is 955. The average Bonchev–Trinajstić information content (AvgIpc) is 2.78. The second-order valence-electron chi connectivity index (χ2n) is 7.66. The number of carbonyl (C=O) groups is 1. The van der Waals surface area contributed by atoms with Crippen molar-refractivity contribution >= 4 is 23.4 Å². The Morgan fingerprint density at radius 1 is 1.21 bits per heavy atom. The maximum absolute atomic E-state index is 13.5. The molecule has 180 valence electrons. The Hall–Kier alpha value is -3.08. The summed E-state index contributed by atoms with van der Waals surface area (Å²) < 4.78 is 50.9. The summed E-state index contributed by atoms with van der Waals surface area (Å²) in [5.74, 6) is 0.249. The van der Waals surface area contributed by atoms with Gasteiger partial charge in [-0.2, -0.15) is 18.2 Å². The second-order valence-corrected chi connectivity index (χ2v) is 7.66. The molecule has 1 fully saturated rings. The van der Waals surface area contributed by atoms with Gasteiger partial charge in [-0.15, -0.1) is 0 Å². The van der Waals surface area contributed by atoms with E-state index in [4.69, 9.17) is 9.47 Å². The van der Waals surface area contributed by atoms with Gasteiger partial charge in [0.15, 0.2) is 0 Å². The molecular formula is C22H28F3N5O3. The minimum Gasteiger partial charge on any atom is -0.495 e. The van der Waals surface area contributed by atoms with E-state index in [-0.39, 0.29) is 24.2 Å². The van der Waals surface area contributed by atoms with Gasteiger partial charge in [0.1, 0.15) is 17.1 Å². The molecule has 1 aromatic heterocycles. The molecule has 0 bridgehead atoms. The maximum Gasteiger partial charge on any atom is 0.421 e. The van der Waals surface area contributed by atoms with Crippen molar-refractivity contribution in [1.82, 2.24) is 14.9 Å². The van der Waals surface area contributed by atoms with Crippen LogP contribution in [0.2, 0.25) is 0 Å². The minimum atomic E-state index is -4.61. The molecule has 2 N–H and O–H groups in total. The molecule has 0 saturated carbocycles. The number of ether oxygens (including phenoxy) is 2. The molecule has 0 aliphatic carbocycles. The number of piperidine rings is 1. The largest absolute Gasteiger partial charge is 0.495 e. The third kappa shape index (κ3) is 6.70. The van der Waals surface area contributed by atoms with Crippen LogP contribution in [0.1, 0.15) is 36.8 Å². The number of anilines is 3. The summed E-state index contributed by atoms with van der Waals surface area (Å²) in [6, 6.07) is 5.29. The molecule has 1 saturated heterocycles. The van der Waals surface area contributed by atoms with Crippen molar-refractivity contribution in [2.24, 2.45) is 0 Å². The van der Waals surface area contributed by atoms with Crippen LogP contribution in [-0.4, -0.2) is 54.6 Å². The van der Waals surface area contributed by atoms with Crippen molar-refractivity contribution in [3.05, 3.63) is 35.5 Å². The molecular weight excluding hydrogens is 439 g/mol. The molecule has 2 heterocycles. The zero-order valence-corrected chi connectivity index (χ0v) is 18.7. The number of nitrogens with one attached hydrogen (secondary N) is 2. The molecule has 0 radical (unpaired) electrons. The lowest BCUT2D eigenvalue weighted by Crippen LogP contribution is -2.36. The van der Waals surface area contributed by atoms with Crippen molar-refractivity contribution in [2.75, 3.05) is 44.5 Å². The quantitative estimate of drug-likeness (QED) is 0.506. The highest BCUT2D eigenvalue weighted by Crippen LogP contribution is 2.35. The number of rotatable bonds is 10. The molecule has 2 aromatic rings. The molecule has 11 heteroatoms. The minimum absolute atomic E-state index is 0.00509. The van der Waals surface area contributed by atoms with Gasteiger partial charge in [0.2, 0.25) is 11.9 Å². The summed E-state index contributed by atoms with van der Waals surface area (Å²) in [6.45, 7) is 1.82. The number of likely N-dealkylation sites (tertiary alicyclic amines) is 1. The lowest BCUT2D eigenvalue weighted by molar-refractivity contribution is -0.137. The third-order valence-electron chi connectivity index (χ3n) is 5.24. The van der Waals surface area contributed by atoms with Gasteiger partial charge in [-0.05, 0) is 37.0 Å². The van der Waals surface area contributed by atoms with Crippen LogP contribution >= 0.6 is 0 Å². The standard InChI is InChI=1S/C22H28F3N5O3/c1-32-14-15-7-8-17(18(12-15)33-2)28-21-27-13-16(22(23,24)25)20(29-21)26-9-5-11-30-10-4-3-6-19(30)31/h7-8,12-13H,3-6,9-11,14H2,1-2H3,(H2,26,27,28,29). The van der Waals surface area contributed by atoms with Gasteiger partial charge in [-0.25, -0.2) is 4.98 Å². The summed E-state index contributed by atoms with van der Waals surface area (Å²) in [7, 11) is 3.07. The van der Waals surface area contributed by atoms with Crippen molar-refractivity contribution < 1.29 is 27.4 Å². The van der Waals surface area contributed by atoms with Gasteiger partial charge < -0.3 is 25.0 Å². The zero-order chi connectivity index (χ0) is 23.8. The lowest BCUT2D eigenvalue weighted by Gasteiger charge is -2.26. The van der Waals surface area contributed by atoms with E-state index in [2.05, 4.69) is 20.6 Å². The Morgan fingerprint density at radius 2 is 2.03 bits per heavy atom. The van der Waals surface area contributed by atoms with Gasteiger partial charge in [-0.1, -0.05) is 6.07 Å². The highest BCUT2D eigenvalue weighted by Gasteiger charge is 2.35. The van der Waals surface area contributed by atoms with E-state index in [0.717, 1.165) is 24.6 Å². The summed E-state index contributed by atoms with van der Waals surface area (Å²) in [5.41, 5.74) is 0.430. The Morgan fingerprint density at radius 3 is 2.73 bits per heavy atom. The number of hydrogen-bond acceptors (Lipinski definition) is 7. The van der Waals surface area contributed by atoms with Crippen LogP contribution in [0.15, 0.2) is 24.4 Å². The van der Waals surface area contributed by atoms with Crippen molar-refractivity contribution in [3.8, 4) is 5.75 Å². The number of hydrogen-bond donors (Lipinski definition) is 2. The normalized spacial score (nSPS) is 14.3. The Balaban J connectivity index is 1.71. The van der Waals surface area contributed by atoms with E-state index in [0.29, 0.717) is 44.0 Å². The molecule has 1 aromatic carbocycles. The van der Waals surface area contributed by atoms with Crippen LogP contribution in [0.3, 0.4) is 0 Å². The van der Waals surface area contributed by atoms with Crippen molar-refractivity contribution in [3.63, 3.8) is 0 Å². The predicted molar refractivity (Wildman–Crippen MR) is 118 cm³/mol. The van der Waals surface area contributed by atoms with Crippen LogP contribution < -0.4 is 15.4 Å². The number of aromatic nitrogens is 2. The summed E-state index contributed by atoms with van der Waals surface area (Å²) in [5, 5.41) is 5.67. The Labute approximate surface area is 190 Å². The predicted octanol–water partition coefficient (Wildman–Crippen LogP) is 4.21. The van der Waals surface area contributed by atoms with Crippen molar-refractivity contribution in [1.29, 1.82) is 0 Å². The topological polar surface area (TPSA) is 88.6 Å². The molecule has 1 aliphatic heterocycles. The number of amides is 1. The van der Waals surface area contributed by atoms with E-state index in [9.17, 15) is 18.0 Å². The van der Waals surface area contributed by atoms with Crippen LogP contribution in [0.25, 0.3) is 0 Å². The summed E-state index contributed by atoms with van der Waals surface area (Å²) in [6.07, 6.45) is -0.985. The molecule has 33 heavy (non-hydrogen) atoms. The van der Waals surface area contributed by atoms with E-state index in [1.807, 2.05) is 0 Å². The van der Waals surface area contributed by atoms with Gasteiger partial charge in [0.05, 0.1) is 19.4 Å². The van der Waals surface area contributed by atoms with Gasteiger partial charge in [0, 0.05) is 39.4 Å². The molecule has 0 spiro atoms. The van der Waals surface area contributed by atoms with Crippen LogP contribution in [0, 0.1) is 0 Å². The fraction of sp³-hybridized carbons (Fsp3) is 0.500. The van der Waals surface area contributed by atoms with E-state index in [1.165, 1.54) is 7.11 Å². The van der Waals surface area contributed by atoms with Crippen LogP contribution in [0.5, 0.6) is 5.75 Å².